The van der Waals surface area contributed by atoms with Crippen LogP contribution in [0.5, 0.6) is 11.5 Å². The number of amides is 2. The number of anilines is 1. The van der Waals surface area contributed by atoms with Gasteiger partial charge in [-0.2, -0.15) is 13.2 Å². The second-order valence-corrected chi connectivity index (χ2v) is 5.70. The summed E-state index contributed by atoms with van der Waals surface area (Å²) < 4.78 is 48.7. The Kier molecular flexibility index (Phi) is 7.70. The van der Waals surface area contributed by atoms with Crippen LogP contribution in [0.15, 0.2) is 48.5 Å². The monoisotopic (exact) mass is 411 g/mol. The van der Waals surface area contributed by atoms with Crippen molar-refractivity contribution in [1.82, 2.24) is 10.9 Å². The maximum absolute atomic E-state index is 12.7. The first-order chi connectivity index (χ1) is 13.8. The fourth-order valence-electron chi connectivity index (χ4n) is 2.19. The van der Waals surface area contributed by atoms with Crippen LogP contribution >= 0.6 is 0 Å². The standard InChI is InChI=1S/C19H20F3N3O4/c1-2-28-15-8-3-4-9-16(15)29-12-18(27)25-24-17(26)11-23-14-7-5-6-13(10-14)19(20,21)22/h3-10,23H,2,11-12H2,1H3,(H,24,26)(H,25,27). The number of hydrogen-bond donors (Lipinski definition) is 3. The van der Waals surface area contributed by atoms with Crippen molar-refractivity contribution in [3.05, 3.63) is 54.1 Å². The number of benzene rings is 2. The zero-order valence-electron chi connectivity index (χ0n) is 15.5. The molecular formula is C19H20F3N3O4. The minimum atomic E-state index is -4.48. The van der Waals surface area contributed by atoms with Gasteiger partial charge in [0.15, 0.2) is 18.1 Å². The molecule has 0 saturated carbocycles. The Bertz CT molecular complexity index is 843. The van der Waals surface area contributed by atoms with Gasteiger partial charge in [0, 0.05) is 5.69 Å². The lowest BCUT2D eigenvalue weighted by molar-refractivity contribution is -0.137. The highest BCUT2D eigenvalue weighted by Crippen LogP contribution is 2.30. The summed E-state index contributed by atoms with van der Waals surface area (Å²) in [6.07, 6.45) is -4.48. The largest absolute Gasteiger partial charge is 0.490 e. The van der Waals surface area contributed by atoms with Crippen molar-refractivity contribution in [2.75, 3.05) is 25.1 Å². The van der Waals surface area contributed by atoms with Crippen LogP contribution in [0.3, 0.4) is 0 Å². The van der Waals surface area contributed by atoms with Crippen molar-refractivity contribution in [3.63, 3.8) is 0 Å². The first-order valence-corrected chi connectivity index (χ1v) is 8.63. The van der Waals surface area contributed by atoms with Gasteiger partial charge in [0.1, 0.15) is 0 Å². The Morgan fingerprint density at radius 1 is 0.931 bits per heavy atom. The van der Waals surface area contributed by atoms with Crippen LogP contribution in [0.2, 0.25) is 0 Å². The lowest BCUT2D eigenvalue weighted by atomic mass is 10.2. The quantitative estimate of drug-likeness (QED) is 0.582. The highest BCUT2D eigenvalue weighted by Gasteiger charge is 2.30. The number of carbonyl (C=O) groups is 2. The Balaban J connectivity index is 1.75. The van der Waals surface area contributed by atoms with Gasteiger partial charge in [-0.3, -0.25) is 20.4 Å². The minimum absolute atomic E-state index is 0.122. The molecule has 0 spiro atoms. The van der Waals surface area contributed by atoms with Crippen molar-refractivity contribution >= 4 is 17.5 Å². The van der Waals surface area contributed by atoms with E-state index < -0.39 is 23.6 Å². The number of rotatable bonds is 8. The molecule has 0 saturated heterocycles. The molecule has 0 unspecified atom stereocenters. The van der Waals surface area contributed by atoms with Crippen LogP contribution in [0.4, 0.5) is 18.9 Å². The van der Waals surface area contributed by atoms with E-state index in [1.54, 1.807) is 24.3 Å². The van der Waals surface area contributed by atoms with Gasteiger partial charge < -0.3 is 14.8 Å². The van der Waals surface area contributed by atoms with Gasteiger partial charge in [-0.05, 0) is 37.3 Å². The van der Waals surface area contributed by atoms with Gasteiger partial charge in [-0.1, -0.05) is 18.2 Å². The molecule has 2 rings (SSSR count). The third-order valence-corrected chi connectivity index (χ3v) is 3.49. The van der Waals surface area contributed by atoms with Crippen LogP contribution in [-0.4, -0.2) is 31.6 Å². The van der Waals surface area contributed by atoms with E-state index in [1.807, 2.05) is 6.92 Å². The number of halogens is 3. The van der Waals surface area contributed by atoms with Crippen molar-refractivity contribution < 1.29 is 32.2 Å². The van der Waals surface area contributed by atoms with E-state index >= 15 is 0 Å². The van der Waals surface area contributed by atoms with Gasteiger partial charge in [0.25, 0.3) is 11.8 Å². The zero-order chi connectivity index (χ0) is 21.3. The fraction of sp³-hybridized carbons (Fsp3) is 0.263. The number of carbonyl (C=O) groups excluding carboxylic acids is 2. The molecule has 0 aliphatic rings. The second kappa shape index (κ2) is 10.2. The molecule has 10 heteroatoms. The van der Waals surface area contributed by atoms with Crippen LogP contribution in [0.1, 0.15) is 12.5 Å². The molecule has 0 fully saturated rings. The van der Waals surface area contributed by atoms with Gasteiger partial charge in [0.2, 0.25) is 0 Å². The van der Waals surface area contributed by atoms with Crippen molar-refractivity contribution in [2.45, 2.75) is 13.1 Å². The second-order valence-electron chi connectivity index (χ2n) is 5.70. The number of nitrogens with one attached hydrogen (secondary N) is 3. The van der Waals surface area contributed by atoms with E-state index in [4.69, 9.17) is 9.47 Å². The summed E-state index contributed by atoms with van der Waals surface area (Å²) in [5.74, 6) is -0.409. The van der Waals surface area contributed by atoms with E-state index in [1.165, 1.54) is 12.1 Å². The number of hydrazine groups is 1. The molecule has 7 nitrogen and oxygen atoms in total. The molecule has 0 heterocycles. The summed E-state index contributed by atoms with van der Waals surface area (Å²) in [6, 6.07) is 11.2. The molecule has 0 aliphatic heterocycles. The van der Waals surface area contributed by atoms with E-state index in [9.17, 15) is 22.8 Å². The molecule has 0 aliphatic carbocycles. The Hall–Kier alpha value is -3.43. The van der Waals surface area contributed by atoms with E-state index in [2.05, 4.69) is 16.2 Å². The summed E-state index contributed by atoms with van der Waals surface area (Å²) in [6.45, 7) is 1.54. The predicted octanol–water partition coefficient (Wildman–Crippen LogP) is 2.74. The molecule has 0 radical (unpaired) electrons. The molecule has 2 amide bonds. The van der Waals surface area contributed by atoms with Gasteiger partial charge in [0.05, 0.1) is 18.7 Å². The lowest BCUT2D eigenvalue weighted by Gasteiger charge is -2.13. The summed E-state index contributed by atoms with van der Waals surface area (Å²) in [5, 5.41) is 2.55. The summed E-state index contributed by atoms with van der Waals surface area (Å²) in [4.78, 5) is 23.5. The number of alkyl halides is 3. The fourth-order valence-corrected chi connectivity index (χ4v) is 2.19. The van der Waals surface area contributed by atoms with Crippen molar-refractivity contribution in [2.24, 2.45) is 0 Å². The molecule has 0 atom stereocenters. The Labute approximate surface area is 165 Å². The normalized spacial score (nSPS) is 10.8. The van der Waals surface area contributed by atoms with E-state index in [0.717, 1.165) is 12.1 Å². The molecule has 0 bridgehead atoms. The summed E-state index contributed by atoms with van der Waals surface area (Å²) in [7, 11) is 0. The minimum Gasteiger partial charge on any atom is -0.490 e. The molecule has 0 aromatic heterocycles. The molecule has 29 heavy (non-hydrogen) atoms. The highest BCUT2D eigenvalue weighted by molar-refractivity contribution is 5.85. The van der Waals surface area contributed by atoms with Gasteiger partial charge in [-0.15, -0.1) is 0 Å². The Morgan fingerprint density at radius 3 is 2.24 bits per heavy atom. The average Bonchev–Trinajstić information content (AvgIpc) is 2.70. The van der Waals surface area contributed by atoms with Crippen molar-refractivity contribution in [3.8, 4) is 11.5 Å². The zero-order valence-corrected chi connectivity index (χ0v) is 15.5. The maximum atomic E-state index is 12.7. The van der Waals surface area contributed by atoms with E-state index in [-0.39, 0.29) is 18.8 Å². The molecule has 2 aromatic rings. The number of ether oxygens (including phenoxy) is 2. The Morgan fingerprint density at radius 2 is 1.59 bits per heavy atom. The topological polar surface area (TPSA) is 88.7 Å². The molecule has 2 aromatic carbocycles. The number of para-hydroxylation sites is 2. The first kappa shape index (κ1) is 21.9. The SMILES string of the molecule is CCOc1ccccc1OCC(=O)NNC(=O)CNc1cccc(C(F)(F)F)c1. The third kappa shape index (κ3) is 7.24. The predicted molar refractivity (Wildman–Crippen MR) is 99.3 cm³/mol. The van der Waals surface area contributed by atoms with Gasteiger partial charge in [-0.25, -0.2) is 0 Å². The van der Waals surface area contributed by atoms with E-state index in [0.29, 0.717) is 18.1 Å². The maximum Gasteiger partial charge on any atom is 0.416 e. The smallest absolute Gasteiger partial charge is 0.416 e. The molecule has 3 N–H and O–H groups in total. The van der Waals surface area contributed by atoms with Crippen LogP contribution < -0.4 is 25.6 Å². The van der Waals surface area contributed by atoms with Gasteiger partial charge >= 0.3 is 6.18 Å². The van der Waals surface area contributed by atoms with Crippen molar-refractivity contribution in [1.29, 1.82) is 0 Å². The first-order valence-electron chi connectivity index (χ1n) is 8.63. The molecule has 156 valence electrons. The average molecular weight is 411 g/mol. The summed E-state index contributed by atoms with van der Waals surface area (Å²) in [5.41, 5.74) is 3.58. The molecular weight excluding hydrogens is 391 g/mol. The highest BCUT2D eigenvalue weighted by atomic mass is 19.4. The number of hydrogen-bond acceptors (Lipinski definition) is 5. The lowest BCUT2D eigenvalue weighted by Crippen LogP contribution is -2.46. The van der Waals surface area contributed by atoms with Crippen LogP contribution in [-0.2, 0) is 15.8 Å². The third-order valence-electron chi connectivity index (χ3n) is 3.49. The van der Waals surface area contributed by atoms with Crippen LogP contribution in [0, 0.1) is 0 Å². The summed E-state index contributed by atoms with van der Waals surface area (Å²) >= 11 is 0. The van der Waals surface area contributed by atoms with Crippen LogP contribution in [0.25, 0.3) is 0 Å².